The number of aromatic nitrogens is 1. The number of aryl methyl sites for hydroxylation is 3. The maximum atomic E-state index is 12.7. The summed E-state index contributed by atoms with van der Waals surface area (Å²) >= 11 is 2.48. The van der Waals surface area contributed by atoms with Crippen molar-refractivity contribution in [2.24, 2.45) is 0 Å². The Hall–Kier alpha value is -3.15. The fourth-order valence-electron chi connectivity index (χ4n) is 3.14. The summed E-state index contributed by atoms with van der Waals surface area (Å²) in [7, 11) is 0. The molecule has 32 heavy (non-hydrogen) atoms. The Morgan fingerprint density at radius 3 is 2.59 bits per heavy atom. The van der Waals surface area contributed by atoms with Gasteiger partial charge in [0.25, 0.3) is 0 Å². The van der Waals surface area contributed by atoms with Gasteiger partial charge in [0.2, 0.25) is 5.91 Å². The largest absolute Gasteiger partial charge is 0.462 e. The highest BCUT2D eigenvalue weighted by molar-refractivity contribution is 8.00. The number of anilines is 1. The molecule has 8 heteroatoms. The lowest BCUT2D eigenvalue weighted by Crippen LogP contribution is -2.16. The van der Waals surface area contributed by atoms with E-state index in [1.165, 1.54) is 23.1 Å². The maximum absolute atomic E-state index is 12.7. The summed E-state index contributed by atoms with van der Waals surface area (Å²) in [6.45, 7) is 7.67. The van der Waals surface area contributed by atoms with Crippen LogP contribution in [-0.2, 0) is 9.53 Å². The van der Waals surface area contributed by atoms with Crippen LogP contribution in [0.15, 0.2) is 40.7 Å². The zero-order valence-corrected chi connectivity index (χ0v) is 19.9. The minimum Gasteiger partial charge on any atom is -0.462 e. The minimum absolute atomic E-state index is 0.0601. The molecule has 0 fully saturated rings. The van der Waals surface area contributed by atoms with Gasteiger partial charge in [0.05, 0.1) is 17.9 Å². The van der Waals surface area contributed by atoms with Crippen LogP contribution < -0.4 is 5.32 Å². The molecule has 0 aliphatic rings. The van der Waals surface area contributed by atoms with Crippen molar-refractivity contribution in [1.82, 2.24) is 4.98 Å². The van der Waals surface area contributed by atoms with Crippen molar-refractivity contribution in [3.8, 4) is 17.2 Å². The van der Waals surface area contributed by atoms with Crippen molar-refractivity contribution >= 4 is 40.0 Å². The Labute approximate surface area is 195 Å². The monoisotopic (exact) mass is 465 g/mol. The van der Waals surface area contributed by atoms with E-state index >= 15 is 0 Å². The normalized spacial score (nSPS) is 10.5. The first-order chi connectivity index (χ1) is 15.3. The molecule has 164 valence electrons. The van der Waals surface area contributed by atoms with Gasteiger partial charge in [-0.25, -0.2) is 9.78 Å². The molecule has 0 atom stereocenters. The second-order valence-corrected chi connectivity index (χ2v) is 8.99. The number of esters is 1. The van der Waals surface area contributed by atoms with Crippen molar-refractivity contribution in [3.63, 3.8) is 0 Å². The summed E-state index contributed by atoms with van der Waals surface area (Å²) in [5, 5.41) is 15.1. The summed E-state index contributed by atoms with van der Waals surface area (Å²) in [5.41, 5.74) is 5.15. The van der Waals surface area contributed by atoms with Crippen LogP contribution >= 0.6 is 23.1 Å². The van der Waals surface area contributed by atoms with Crippen molar-refractivity contribution in [2.45, 2.75) is 32.7 Å². The van der Waals surface area contributed by atoms with Gasteiger partial charge in [0.1, 0.15) is 21.7 Å². The highest BCUT2D eigenvalue weighted by atomic mass is 32.2. The third-order valence-corrected chi connectivity index (χ3v) is 6.52. The molecule has 2 aromatic heterocycles. The molecule has 0 aliphatic heterocycles. The molecule has 0 saturated heterocycles. The Morgan fingerprint density at radius 2 is 1.94 bits per heavy atom. The minimum atomic E-state index is -0.477. The smallest absolute Gasteiger partial charge is 0.341 e. The first kappa shape index (κ1) is 23.5. The zero-order valence-electron chi connectivity index (χ0n) is 18.3. The van der Waals surface area contributed by atoms with E-state index in [1.54, 1.807) is 6.92 Å². The molecule has 0 bridgehead atoms. The van der Waals surface area contributed by atoms with E-state index in [1.807, 2.05) is 56.5 Å². The Kier molecular flexibility index (Phi) is 7.67. The number of nitrogens with zero attached hydrogens (tertiary/aromatic N) is 2. The van der Waals surface area contributed by atoms with Crippen molar-refractivity contribution in [1.29, 1.82) is 5.26 Å². The van der Waals surface area contributed by atoms with Crippen molar-refractivity contribution in [3.05, 3.63) is 63.7 Å². The number of hydrogen-bond acceptors (Lipinski definition) is 7. The van der Waals surface area contributed by atoms with Crippen LogP contribution in [0.1, 0.15) is 39.7 Å². The molecule has 1 aromatic carbocycles. The van der Waals surface area contributed by atoms with Crippen LogP contribution in [0.4, 0.5) is 5.00 Å². The van der Waals surface area contributed by atoms with E-state index < -0.39 is 5.97 Å². The lowest BCUT2D eigenvalue weighted by Gasteiger charge is -2.10. The van der Waals surface area contributed by atoms with Crippen LogP contribution in [0.5, 0.6) is 0 Å². The number of carbonyl (C=O) groups is 2. The molecule has 0 radical (unpaired) electrons. The number of carbonyl (C=O) groups excluding carboxylic acids is 2. The van der Waals surface area contributed by atoms with Gasteiger partial charge in [0.15, 0.2) is 0 Å². The molecule has 1 amide bonds. The van der Waals surface area contributed by atoms with Gasteiger partial charge in [0, 0.05) is 16.6 Å². The number of amides is 1. The van der Waals surface area contributed by atoms with E-state index in [9.17, 15) is 14.9 Å². The molecule has 0 unspecified atom stereocenters. The van der Waals surface area contributed by atoms with E-state index in [4.69, 9.17) is 4.74 Å². The summed E-state index contributed by atoms with van der Waals surface area (Å²) < 4.78 is 5.25. The van der Waals surface area contributed by atoms with E-state index in [-0.39, 0.29) is 18.3 Å². The fraction of sp³-hybridized carbons (Fsp3) is 0.250. The molecule has 0 spiro atoms. The van der Waals surface area contributed by atoms with Gasteiger partial charge in [-0.15, -0.1) is 11.3 Å². The first-order valence-electron chi connectivity index (χ1n) is 10.0. The molecular formula is C24H23N3O3S2. The molecule has 3 rings (SSSR count). The lowest BCUT2D eigenvalue weighted by atomic mass is 10.0. The van der Waals surface area contributed by atoms with Crippen molar-refractivity contribution in [2.75, 3.05) is 17.7 Å². The number of thiophene rings is 1. The van der Waals surface area contributed by atoms with Gasteiger partial charge < -0.3 is 10.1 Å². The van der Waals surface area contributed by atoms with Crippen LogP contribution in [0.3, 0.4) is 0 Å². The molecule has 0 aliphatic carbocycles. The van der Waals surface area contributed by atoms with Gasteiger partial charge in [-0.2, -0.15) is 5.26 Å². The topological polar surface area (TPSA) is 92.1 Å². The van der Waals surface area contributed by atoms with Crippen LogP contribution in [0.2, 0.25) is 0 Å². The standard InChI is InChI=1S/C24H23N3O3S2/c1-5-30-24(29)21-19(17-8-6-14(2)7-9-17)12-31-23(21)27-20(28)13-32-22-18(11-25)15(3)10-16(4)26-22/h6-10,12H,5,13H2,1-4H3,(H,27,28). The number of pyridine rings is 1. The number of rotatable bonds is 7. The van der Waals surface area contributed by atoms with E-state index in [0.29, 0.717) is 21.2 Å². The first-order valence-corrected chi connectivity index (χ1v) is 11.9. The van der Waals surface area contributed by atoms with Crippen molar-refractivity contribution < 1.29 is 14.3 Å². The SMILES string of the molecule is CCOC(=O)c1c(-c2ccc(C)cc2)csc1NC(=O)CSc1nc(C)cc(C)c1C#N. The highest BCUT2D eigenvalue weighted by Gasteiger charge is 2.23. The zero-order chi connectivity index (χ0) is 23.3. The number of benzene rings is 1. The molecule has 3 aromatic rings. The van der Waals surface area contributed by atoms with Crippen LogP contribution in [0.25, 0.3) is 11.1 Å². The quantitative estimate of drug-likeness (QED) is 0.365. The summed E-state index contributed by atoms with van der Waals surface area (Å²) in [6, 6.07) is 11.8. The number of nitriles is 1. The molecule has 0 saturated carbocycles. The Bertz CT molecular complexity index is 1190. The fourth-order valence-corrected chi connectivity index (χ4v) is 5.01. The Balaban J connectivity index is 1.83. The number of hydrogen-bond donors (Lipinski definition) is 1. The molecular weight excluding hydrogens is 442 g/mol. The summed E-state index contributed by atoms with van der Waals surface area (Å²) in [5.74, 6) is -0.706. The highest BCUT2D eigenvalue weighted by Crippen LogP contribution is 2.36. The summed E-state index contributed by atoms with van der Waals surface area (Å²) in [6.07, 6.45) is 0. The number of nitrogens with one attached hydrogen (secondary N) is 1. The third kappa shape index (κ3) is 5.36. The van der Waals surface area contributed by atoms with Crippen LogP contribution in [-0.4, -0.2) is 29.2 Å². The molecule has 2 heterocycles. The van der Waals surface area contributed by atoms with Gasteiger partial charge in [-0.05, 0) is 44.9 Å². The predicted octanol–water partition coefficient (Wildman–Crippen LogP) is 5.51. The van der Waals surface area contributed by atoms with E-state index in [0.717, 1.165) is 27.9 Å². The number of thioether (sulfide) groups is 1. The molecule has 1 N–H and O–H groups in total. The third-order valence-electron chi connectivity index (χ3n) is 4.65. The average Bonchev–Trinajstić information content (AvgIpc) is 3.16. The lowest BCUT2D eigenvalue weighted by molar-refractivity contribution is -0.113. The maximum Gasteiger partial charge on any atom is 0.341 e. The Morgan fingerprint density at radius 1 is 1.22 bits per heavy atom. The predicted molar refractivity (Wildman–Crippen MR) is 128 cm³/mol. The number of ether oxygens (including phenoxy) is 1. The second kappa shape index (κ2) is 10.4. The molecule has 6 nitrogen and oxygen atoms in total. The van der Waals surface area contributed by atoms with Gasteiger partial charge >= 0.3 is 5.97 Å². The van der Waals surface area contributed by atoms with E-state index in [2.05, 4.69) is 16.4 Å². The average molecular weight is 466 g/mol. The van der Waals surface area contributed by atoms with Crippen LogP contribution in [0, 0.1) is 32.1 Å². The second-order valence-electron chi connectivity index (χ2n) is 7.15. The van der Waals surface area contributed by atoms with Gasteiger partial charge in [-0.3, -0.25) is 4.79 Å². The summed E-state index contributed by atoms with van der Waals surface area (Å²) in [4.78, 5) is 29.8. The van der Waals surface area contributed by atoms with Gasteiger partial charge in [-0.1, -0.05) is 41.6 Å².